The van der Waals surface area contributed by atoms with E-state index in [4.69, 9.17) is 5.11 Å². The van der Waals surface area contributed by atoms with Crippen molar-refractivity contribution in [3.05, 3.63) is 0 Å². The third kappa shape index (κ3) is 4.87. The summed E-state index contributed by atoms with van der Waals surface area (Å²) in [4.78, 5) is 14.6. The lowest BCUT2D eigenvalue weighted by atomic mass is 9.78. The number of hydrogen-bond donors (Lipinski definition) is 2. The summed E-state index contributed by atoms with van der Waals surface area (Å²) >= 11 is 0. The number of rotatable bonds is 7. The van der Waals surface area contributed by atoms with Crippen LogP contribution in [0.2, 0.25) is 0 Å². The maximum atomic E-state index is 12.6. The number of aliphatic hydroxyl groups excluding tert-OH is 1. The van der Waals surface area contributed by atoms with E-state index in [1.807, 2.05) is 4.90 Å². The zero-order valence-electron chi connectivity index (χ0n) is 13.7. The topological polar surface area (TPSA) is 52.6 Å². The van der Waals surface area contributed by atoms with E-state index < -0.39 is 0 Å². The van der Waals surface area contributed by atoms with Crippen molar-refractivity contribution in [3.63, 3.8) is 0 Å². The Kier molecular flexibility index (Phi) is 6.34. The average molecular weight is 296 g/mol. The third-order valence-corrected chi connectivity index (χ3v) is 5.04. The van der Waals surface area contributed by atoms with Gasteiger partial charge < -0.3 is 15.3 Å². The van der Waals surface area contributed by atoms with Gasteiger partial charge in [-0.1, -0.05) is 26.7 Å². The van der Waals surface area contributed by atoms with Gasteiger partial charge in [-0.05, 0) is 50.4 Å². The Hall–Kier alpha value is -0.770. The number of amides is 2. The monoisotopic (exact) mass is 296 g/mol. The fourth-order valence-corrected chi connectivity index (χ4v) is 3.61. The Morgan fingerprint density at radius 3 is 2.52 bits per heavy atom. The zero-order valence-corrected chi connectivity index (χ0v) is 13.7. The summed E-state index contributed by atoms with van der Waals surface area (Å²) in [5.41, 5.74) is 0. The molecule has 0 spiro atoms. The second-order valence-corrected chi connectivity index (χ2v) is 7.10. The van der Waals surface area contributed by atoms with Crippen LogP contribution in [0.5, 0.6) is 0 Å². The van der Waals surface area contributed by atoms with E-state index in [0.717, 1.165) is 38.6 Å². The van der Waals surface area contributed by atoms with E-state index in [9.17, 15) is 4.79 Å². The molecular weight excluding hydrogens is 264 g/mol. The minimum Gasteiger partial charge on any atom is -0.396 e. The van der Waals surface area contributed by atoms with Crippen molar-refractivity contribution in [2.24, 2.45) is 11.8 Å². The lowest BCUT2D eigenvalue weighted by Crippen LogP contribution is -2.50. The standard InChI is InChI=1S/C17H32N2O2/c1-13(2)15-7-3-4-8-16(15)18-17(21)19(14-9-10-14)11-5-6-12-20/h13-16,20H,3-12H2,1-2H3,(H,18,21). The summed E-state index contributed by atoms with van der Waals surface area (Å²) in [6.07, 6.45) is 8.89. The minimum absolute atomic E-state index is 0.132. The maximum absolute atomic E-state index is 12.6. The quantitative estimate of drug-likeness (QED) is 0.709. The number of nitrogens with one attached hydrogen (secondary N) is 1. The fraction of sp³-hybridized carbons (Fsp3) is 0.941. The molecule has 21 heavy (non-hydrogen) atoms. The second-order valence-electron chi connectivity index (χ2n) is 7.10. The molecule has 2 atom stereocenters. The molecule has 4 nitrogen and oxygen atoms in total. The molecule has 2 aliphatic rings. The van der Waals surface area contributed by atoms with Crippen LogP contribution in [0.3, 0.4) is 0 Å². The number of carbonyl (C=O) groups excluding carboxylic acids is 1. The highest BCUT2D eigenvalue weighted by Crippen LogP contribution is 2.31. The Balaban J connectivity index is 1.87. The summed E-state index contributed by atoms with van der Waals surface area (Å²) in [6.45, 7) is 5.55. The molecule has 2 unspecified atom stereocenters. The minimum atomic E-state index is 0.132. The normalized spacial score (nSPS) is 25.9. The Labute approximate surface area is 129 Å². The van der Waals surface area contributed by atoms with Crippen LogP contribution in [0, 0.1) is 11.8 Å². The SMILES string of the molecule is CC(C)C1CCCCC1NC(=O)N(CCCCO)C1CC1. The van der Waals surface area contributed by atoms with E-state index in [2.05, 4.69) is 19.2 Å². The largest absolute Gasteiger partial charge is 0.396 e. The van der Waals surface area contributed by atoms with Crippen LogP contribution in [-0.4, -0.2) is 41.3 Å². The van der Waals surface area contributed by atoms with E-state index in [0.29, 0.717) is 23.9 Å². The van der Waals surface area contributed by atoms with Crippen LogP contribution < -0.4 is 5.32 Å². The first-order chi connectivity index (χ1) is 10.1. The number of unbranched alkanes of at least 4 members (excludes halogenated alkanes) is 1. The van der Waals surface area contributed by atoms with Crippen molar-refractivity contribution in [3.8, 4) is 0 Å². The first kappa shape index (κ1) is 16.6. The van der Waals surface area contributed by atoms with Crippen LogP contribution in [0.15, 0.2) is 0 Å². The van der Waals surface area contributed by atoms with E-state index in [1.54, 1.807) is 0 Å². The lowest BCUT2D eigenvalue weighted by Gasteiger charge is -2.36. The molecule has 2 rings (SSSR count). The van der Waals surface area contributed by atoms with Gasteiger partial charge in [0.1, 0.15) is 0 Å². The van der Waals surface area contributed by atoms with E-state index in [1.165, 1.54) is 19.3 Å². The molecule has 0 bridgehead atoms. The average Bonchev–Trinajstić information content (AvgIpc) is 3.28. The Morgan fingerprint density at radius 2 is 1.90 bits per heavy atom. The molecule has 0 heterocycles. The molecule has 2 aliphatic carbocycles. The first-order valence-electron chi connectivity index (χ1n) is 8.81. The molecule has 0 aromatic heterocycles. The van der Waals surface area contributed by atoms with Crippen LogP contribution in [0.4, 0.5) is 4.79 Å². The lowest BCUT2D eigenvalue weighted by molar-refractivity contribution is 0.163. The van der Waals surface area contributed by atoms with Gasteiger partial charge in [0, 0.05) is 25.2 Å². The van der Waals surface area contributed by atoms with Gasteiger partial charge in [-0.15, -0.1) is 0 Å². The summed E-state index contributed by atoms with van der Waals surface area (Å²) < 4.78 is 0. The second kappa shape index (κ2) is 8.02. The van der Waals surface area contributed by atoms with Crippen molar-refractivity contribution in [1.82, 2.24) is 10.2 Å². The van der Waals surface area contributed by atoms with Crippen molar-refractivity contribution in [2.75, 3.05) is 13.2 Å². The van der Waals surface area contributed by atoms with Crippen molar-refractivity contribution in [1.29, 1.82) is 0 Å². The molecule has 4 heteroatoms. The van der Waals surface area contributed by atoms with Crippen molar-refractivity contribution in [2.45, 2.75) is 77.3 Å². The number of urea groups is 1. The van der Waals surface area contributed by atoms with E-state index >= 15 is 0 Å². The number of hydrogen-bond acceptors (Lipinski definition) is 2. The summed E-state index contributed by atoms with van der Waals surface area (Å²) in [7, 11) is 0. The van der Waals surface area contributed by atoms with Gasteiger partial charge in [0.2, 0.25) is 0 Å². The number of carbonyl (C=O) groups is 1. The molecule has 0 aromatic rings. The van der Waals surface area contributed by atoms with E-state index in [-0.39, 0.29) is 12.6 Å². The first-order valence-corrected chi connectivity index (χ1v) is 8.81. The van der Waals surface area contributed by atoms with Crippen LogP contribution in [0.25, 0.3) is 0 Å². The molecule has 0 saturated heterocycles. The molecule has 0 aromatic carbocycles. The number of nitrogens with zero attached hydrogens (tertiary/aromatic N) is 1. The molecule has 0 radical (unpaired) electrons. The van der Waals surface area contributed by atoms with Crippen molar-refractivity contribution < 1.29 is 9.90 Å². The predicted molar refractivity (Wildman–Crippen MR) is 85.2 cm³/mol. The highest BCUT2D eigenvalue weighted by atomic mass is 16.3. The third-order valence-electron chi connectivity index (χ3n) is 5.04. The zero-order chi connectivity index (χ0) is 15.2. The molecule has 2 amide bonds. The van der Waals surface area contributed by atoms with Gasteiger partial charge in [0.15, 0.2) is 0 Å². The summed E-state index contributed by atoms with van der Waals surface area (Å²) in [5.74, 6) is 1.26. The fourth-order valence-electron chi connectivity index (χ4n) is 3.61. The van der Waals surface area contributed by atoms with Crippen molar-refractivity contribution >= 4 is 6.03 Å². The van der Waals surface area contributed by atoms with Gasteiger partial charge in [0.25, 0.3) is 0 Å². The van der Waals surface area contributed by atoms with Crippen LogP contribution in [-0.2, 0) is 0 Å². The molecule has 122 valence electrons. The van der Waals surface area contributed by atoms with Gasteiger partial charge in [-0.25, -0.2) is 4.79 Å². The van der Waals surface area contributed by atoms with Gasteiger partial charge in [-0.2, -0.15) is 0 Å². The van der Waals surface area contributed by atoms with Gasteiger partial charge in [-0.3, -0.25) is 0 Å². The number of aliphatic hydroxyl groups is 1. The molecular formula is C17H32N2O2. The molecule has 2 fully saturated rings. The van der Waals surface area contributed by atoms with Gasteiger partial charge in [0.05, 0.1) is 0 Å². The maximum Gasteiger partial charge on any atom is 0.317 e. The van der Waals surface area contributed by atoms with Crippen LogP contribution in [0.1, 0.15) is 65.2 Å². The highest BCUT2D eigenvalue weighted by Gasteiger charge is 2.35. The van der Waals surface area contributed by atoms with Crippen LogP contribution >= 0.6 is 0 Å². The Morgan fingerprint density at radius 1 is 1.19 bits per heavy atom. The Bertz CT molecular complexity index is 329. The smallest absolute Gasteiger partial charge is 0.317 e. The molecule has 0 aliphatic heterocycles. The summed E-state index contributed by atoms with van der Waals surface area (Å²) in [6, 6.07) is 0.933. The molecule has 2 N–H and O–H groups in total. The van der Waals surface area contributed by atoms with Gasteiger partial charge >= 0.3 is 6.03 Å². The highest BCUT2D eigenvalue weighted by molar-refractivity contribution is 5.75. The molecule has 2 saturated carbocycles. The summed E-state index contributed by atoms with van der Waals surface area (Å²) in [5, 5.41) is 12.2. The predicted octanol–water partition coefficient (Wildman–Crippen LogP) is 3.15.